The Balaban J connectivity index is 1.65. The number of para-hydroxylation sites is 1. The van der Waals surface area contributed by atoms with Crippen molar-refractivity contribution < 1.29 is 13.2 Å². The van der Waals surface area contributed by atoms with Gasteiger partial charge in [0.2, 0.25) is 0 Å². The fourth-order valence-corrected chi connectivity index (χ4v) is 4.15. The molecule has 0 aromatic heterocycles. The second kappa shape index (κ2) is 8.19. The highest BCUT2D eigenvalue weighted by Gasteiger charge is 2.28. The van der Waals surface area contributed by atoms with Crippen molar-refractivity contribution >= 4 is 15.8 Å². The second-order valence-electron chi connectivity index (χ2n) is 5.71. The molecule has 1 aliphatic heterocycles. The van der Waals surface area contributed by atoms with Crippen molar-refractivity contribution in [3.8, 4) is 5.75 Å². The first-order valence-electron chi connectivity index (χ1n) is 7.86. The number of nitrogens with zero attached hydrogens (tertiary/aromatic N) is 1. The molecule has 0 radical (unpaired) electrons. The number of aryl methyl sites for hydroxylation is 1. The van der Waals surface area contributed by atoms with Gasteiger partial charge in [-0.2, -0.15) is 0 Å². The average molecular weight is 339 g/mol. The first kappa shape index (κ1) is 17.6. The number of guanidine groups is 1. The molecule has 1 aromatic rings. The number of nitrogens with one attached hydrogen (secondary N) is 2. The Labute approximate surface area is 138 Å². The van der Waals surface area contributed by atoms with Gasteiger partial charge in [0.15, 0.2) is 15.8 Å². The first-order valence-corrected chi connectivity index (χ1v) is 9.68. The number of aliphatic imine (C=N–C) groups is 1. The van der Waals surface area contributed by atoms with Gasteiger partial charge in [-0.05, 0) is 31.4 Å². The minimum absolute atomic E-state index is 0.0468. The zero-order valence-corrected chi connectivity index (χ0v) is 14.5. The molecule has 2 N–H and O–H groups in total. The van der Waals surface area contributed by atoms with Crippen molar-refractivity contribution in [2.75, 3.05) is 31.7 Å². The molecule has 7 heteroatoms. The molecule has 1 aliphatic rings. The van der Waals surface area contributed by atoms with Gasteiger partial charge >= 0.3 is 0 Å². The van der Waals surface area contributed by atoms with Crippen LogP contribution in [0.5, 0.6) is 5.75 Å². The maximum absolute atomic E-state index is 11.5. The molecule has 1 atom stereocenters. The molecule has 0 spiro atoms. The Morgan fingerprint density at radius 3 is 2.83 bits per heavy atom. The lowest BCUT2D eigenvalue weighted by Gasteiger charge is -2.16. The Morgan fingerprint density at radius 2 is 2.17 bits per heavy atom. The Morgan fingerprint density at radius 1 is 1.39 bits per heavy atom. The Kier molecular flexibility index (Phi) is 6.27. The predicted octanol–water partition coefficient (Wildman–Crippen LogP) is 1.12. The molecular formula is C16H25N3O3S. The normalized spacial score (nSPS) is 20.3. The molecule has 2 rings (SSSR count). The van der Waals surface area contributed by atoms with E-state index in [0.29, 0.717) is 25.5 Å². The minimum atomic E-state index is -2.88. The molecule has 23 heavy (non-hydrogen) atoms. The summed E-state index contributed by atoms with van der Waals surface area (Å²) in [5.74, 6) is 1.99. The van der Waals surface area contributed by atoms with Crippen molar-refractivity contribution in [1.82, 2.24) is 10.6 Å². The lowest BCUT2D eigenvalue weighted by molar-refractivity contribution is 0.309. The molecular weight excluding hydrogens is 314 g/mol. The molecule has 1 unspecified atom stereocenters. The fraction of sp³-hybridized carbons (Fsp3) is 0.562. The van der Waals surface area contributed by atoms with Crippen LogP contribution < -0.4 is 15.4 Å². The summed E-state index contributed by atoms with van der Waals surface area (Å²) in [6.45, 7) is 3.35. The number of sulfone groups is 1. The van der Waals surface area contributed by atoms with E-state index >= 15 is 0 Å². The smallest absolute Gasteiger partial charge is 0.191 e. The van der Waals surface area contributed by atoms with E-state index in [0.717, 1.165) is 17.7 Å². The number of hydrogen-bond acceptors (Lipinski definition) is 4. The topological polar surface area (TPSA) is 79.8 Å². The van der Waals surface area contributed by atoms with Crippen LogP contribution in [0.4, 0.5) is 0 Å². The van der Waals surface area contributed by atoms with Gasteiger partial charge in [0, 0.05) is 19.6 Å². The van der Waals surface area contributed by atoms with Gasteiger partial charge in [0.25, 0.3) is 0 Å². The standard InChI is InChI=1S/C16H25N3O3S/c1-13-6-3-4-7-15(13)22-10-5-9-18-16(17-2)19-14-8-11-23(20,21)12-14/h3-4,6-7,14H,5,8-12H2,1-2H3,(H2,17,18,19). The highest BCUT2D eigenvalue weighted by molar-refractivity contribution is 7.91. The Bertz CT molecular complexity index is 644. The summed E-state index contributed by atoms with van der Waals surface area (Å²) in [6.07, 6.45) is 1.47. The lowest BCUT2D eigenvalue weighted by Crippen LogP contribution is -2.44. The SMILES string of the molecule is CN=C(NCCCOc1ccccc1C)NC1CCS(=O)(=O)C1. The molecule has 0 aliphatic carbocycles. The summed E-state index contributed by atoms with van der Waals surface area (Å²) in [5, 5.41) is 6.35. The van der Waals surface area contributed by atoms with Gasteiger partial charge < -0.3 is 15.4 Å². The van der Waals surface area contributed by atoms with Gasteiger partial charge in [-0.1, -0.05) is 18.2 Å². The third-order valence-corrected chi connectivity index (χ3v) is 5.53. The molecule has 1 fully saturated rings. The molecule has 0 bridgehead atoms. The van der Waals surface area contributed by atoms with E-state index in [1.165, 1.54) is 0 Å². The molecule has 128 valence electrons. The quantitative estimate of drug-likeness (QED) is 0.461. The summed E-state index contributed by atoms with van der Waals surface area (Å²) < 4.78 is 28.6. The monoisotopic (exact) mass is 339 g/mol. The highest BCUT2D eigenvalue weighted by Crippen LogP contribution is 2.16. The summed E-state index contributed by atoms with van der Waals surface area (Å²) in [7, 11) is -1.20. The van der Waals surface area contributed by atoms with Crippen molar-refractivity contribution in [2.24, 2.45) is 4.99 Å². The molecule has 6 nitrogen and oxygen atoms in total. The van der Waals surface area contributed by atoms with Gasteiger partial charge in [-0.15, -0.1) is 0 Å². The van der Waals surface area contributed by atoms with Crippen LogP contribution >= 0.6 is 0 Å². The van der Waals surface area contributed by atoms with E-state index in [2.05, 4.69) is 15.6 Å². The fourth-order valence-electron chi connectivity index (χ4n) is 2.48. The Hall–Kier alpha value is -1.76. The van der Waals surface area contributed by atoms with Crippen molar-refractivity contribution in [2.45, 2.75) is 25.8 Å². The van der Waals surface area contributed by atoms with Crippen molar-refractivity contribution in [3.05, 3.63) is 29.8 Å². The summed E-state index contributed by atoms with van der Waals surface area (Å²) in [4.78, 5) is 4.13. The van der Waals surface area contributed by atoms with Crippen LogP contribution in [0.15, 0.2) is 29.3 Å². The average Bonchev–Trinajstić information content (AvgIpc) is 2.86. The molecule has 0 amide bonds. The van der Waals surface area contributed by atoms with Crippen LogP contribution in [0.3, 0.4) is 0 Å². The van der Waals surface area contributed by atoms with Crippen molar-refractivity contribution in [3.63, 3.8) is 0 Å². The predicted molar refractivity (Wildman–Crippen MR) is 92.8 cm³/mol. The molecule has 1 saturated heterocycles. The number of rotatable bonds is 6. The van der Waals surface area contributed by atoms with Crippen LogP contribution in [-0.2, 0) is 9.84 Å². The summed E-state index contributed by atoms with van der Waals surface area (Å²) >= 11 is 0. The van der Waals surface area contributed by atoms with Crippen LogP contribution in [0.2, 0.25) is 0 Å². The number of ether oxygens (including phenoxy) is 1. The third-order valence-electron chi connectivity index (χ3n) is 3.76. The van der Waals surface area contributed by atoms with E-state index in [1.807, 2.05) is 31.2 Å². The van der Waals surface area contributed by atoms with Crippen LogP contribution in [0.1, 0.15) is 18.4 Å². The zero-order valence-electron chi connectivity index (χ0n) is 13.7. The van der Waals surface area contributed by atoms with E-state index in [-0.39, 0.29) is 17.5 Å². The van der Waals surface area contributed by atoms with Gasteiger partial charge in [0.05, 0.1) is 18.1 Å². The van der Waals surface area contributed by atoms with Crippen molar-refractivity contribution in [1.29, 1.82) is 0 Å². The second-order valence-corrected chi connectivity index (χ2v) is 7.94. The maximum Gasteiger partial charge on any atom is 0.191 e. The summed E-state index contributed by atoms with van der Waals surface area (Å²) in [6, 6.07) is 7.89. The number of hydrogen-bond donors (Lipinski definition) is 2. The van der Waals surface area contributed by atoms with Gasteiger partial charge in [-0.3, -0.25) is 4.99 Å². The van der Waals surface area contributed by atoms with E-state index in [9.17, 15) is 8.42 Å². The van der Waals surface area contributed by atoms with E-state index in [4.69, 9.17) is 4.74 Å². The lowest BCUT2D eigenvalue weighted by atomic mass is 10.2. The van der Waals surface area contributed by atoms with Crippen LogP contribution in [0.25, 0.3) is 0 Å². The largest absolute Gasteiger partial charge is 0.493 e. The van der Waals surface area contributed by atoms with E-state index in [1.54, 1.807) is 7.05 Å². The highest BCUT2D eigenvalue weighted by atomic mass is 32.2. The van der Waals surface area contributed by atoms with Crippen LogP contribution in [0, 0.1) is 6.92 Å². The first-order chi connectivity index (χ1) is 11.0. The molecule has 1 heterocycles. The zero-order chi connectivity index (χ0) is 16.7. The molecule has 0 saturated carbocycles. The minimum Gasteiger partial charge on any atom is -0.493 e. The molecule has 1 aromatic carbocycles. The number of benzene rings is 1. The van der Waals surface area contributed by atoms with Crippen LogP contribution in [-0.4, -0.2) is 52.1 Å². The maximum atomic E-state index is 11.5. The summed E-state index contributed by atoms with van der Waals surface area (Å²) in [5.41, 5.74) is 1.13. The van der Waals surface area contributed by atoms with Gasteiger partial charge in [0.1, 0.15) is 5.75 Å². The van der Waals surface area contributed by atoms with Gasteiger partial charge in [-0.25, -0.2) is 8.42 Å². The third kappa shape index (κ3) is 5.74. The van der Waals surface area contributed by atoms with E-state index < -0.39 is 9.84 Å².